The summed E-state index contributed by atoms with van der Waals surface area (Å²) in [6.07, 6.45) is -4.64. The van der Waals surface area contributed by atoms with Crippen LogP contribution in [0.5, 0.6) is 0 Å². The lowest BCUT2D eigenvalue weighted by Gasteiger charge is -2.18. The molecule has 0 rings (SSSR count). The van der Waals surface area contributed by atoms with Gasteiger partial charge in [0.25, 0.3) is 0 Å². The average Bonchev–Trinajstić information content (AvgIpc) is 1.82. The van der Waals surface area contributed by atoms with E-state index < -0.39 is 24.1 Å². The number of alkyl halides is 3. The molecule has 0 aromatic rings. The van der Waals surface area contributed by atoms with E-state index in [-0.39, 0.29) is 0 Å². The molecule has 0 aliphatic rings. The Kier molecular flexibility index (Phi) is 2.86. The Hall–Kier alpha value is -0.780. The topological polar surface area (TPSA) is 63.3 Å². The van der Waals surface area contributed by atoms with E-state index in [1.807, 2.05) is 0 Å². The molecule has 0 saturated carbocycles. The molecule has 0 aliphatic carbocycles. The van der Waals surface area contributed by atoms with Gasteiger partial charge in [-0.05, 0) is 0 Å². The first-order chi connectivity index (χ1) is 4.76. The Morgan fingerprint density at radius 1 is 1.55 bits per heavy atom. The zero-order chi connectivity index (χ0) is 9.23. The summed E-state index contributed by atoms with van der Waals surface area (Å²) in [6.45, 7) is 0.917. The Morgan fingerprint density at radius 2 is 1.91 bits per heavy atom. The van der Waals surface area contributed by atoms with Crippen LogP contribution in [-0.2, 0) is 4.79 Å². The average molecular weight is 171 g/mol. The van der Waals surface area contributed by atoms with Crippen LogP contribution in [-0.4, -0.2) is 23.3 Å². The number of hydrogen-bond donors (Lipinski definition) is 2. The Labute approximate surface area is 61.0 Å². The van der Waals surface area contributed by atoms with Crippen LogP contribution in [0.2, 0.25) is 0 Å². The van der Waals surface area contributed by atoms with Crippen LogP contribution in [0, 0.1) is 5.92 Å². The number of nitrogens with two attached hydrogens (primary N) is 1. The second-order valence-electron chi connectivity index (χ2n) is 2.19. The molecule has 66 valence electrons. The fourth-order valence-corrected chi connectivity index (χ4v) is 0.437. The van der Waals surface area contributed by atoms with Crippen molar-refractivity contribution in [2.45, 2.75) is 19.1 Å². The summed E-state index contributed by atoms with van der Waals surface area (Å²) in [7, 11) is 0. The first-order valence-electron chi connectivity index (χ1n) is 2.82. The van der Waals surface area contributed by atoms with Gasteiger partial charge in [0, 0.05) is 0 Å². The molecule has 3 N–H and O–H groups in total. The van der Waals surface area contributed by atoms with Crippen LogP contribution >= 0.6 is 0 Å². The molecule has 0 aromatic carbocycles. The molecule has 0 spiro atoms. The summed E-state index contributed by atoms with van der Waals surface area (Å²) in [5.74, 6) is -3.15. The van der Waals surface area contributed by atoms with Crippen LogP contribution < -0.4 is 5.73 Å². The van der Waals surface area contributed by atoms with Gasteiger partial charge >= 0.3 is 12.1 Å². The zero-order valence-corrected chi connectivity index (χ0v) is 5.72. The second-order valence-corrected chi connectivity index (χ2v) is 2.19. The maximum atomic E-state index is 11.7. The van der Waals surface area contributed by atoms with Crippen LogP contribution in [0.15, 0.2) is 0 Å². The highest BCUT2D eigenvalue weighted by Gasteiger charge is 2.42. The molecule has 0 unspecified atom stereocenters. The van der Waals surface area contributed by atoms with E-state index in [0.29, 0.717) is 0 Å². The maximum absolute atomic E-state index is 11.7. The van der Waals surface area contributed by atoms with Crippen molar-refractivity contribution >= 4 is 5.97 Å². The van der Waals surface area contributed by atoms with Gasteiger partial charge in [-0.3, -0.25) is 4.79 Å². The molecule has 3 nitrogen and oxygen atoms in total. The summed E-state index contributed by atoms with van der Waals surface area (Å²) in [5.41, 5.74) is 4.59. The minimum atomic E-state index is -4.64. The van der Waals surface area contributed by atoms with E-state index in [2.05, 4.69) is 5.73 Å². The maximum Gasteiger partial charge on any atom is 0.404 e. The van der Waals surface area contributed by atoms with E-state index in [0.717, 1.165) is 6.92 Å². The van der Waals surface area contributed by atoms with Crippen LogP contribution in [0.4, 0.5) is 13.2 Å². The lowest BCUT2D eigenvalue weighted by molar-refractivity contribution is -0.171. The van der Waals surface area contributed by atoms with E-state index in [1.54, 1.807) is 0 Å². The van der Waals surface area contributed by atoms with Gasteiger partial charge in [-0.1, -0.05) is 6.92 Å². The minimum Gasteiger partial charge on any atom is -0.481 e. The monoisotopic (exact) mass is 171 g/mol. The van der Waals surface area contributed by atoms with Crippen molar-refractivity contribution in [1.29, 1.82) is 0 Å². The number of carboxylic acids is 1. The highest BCUT2D eigenvalue weighted by atomic mass is 19.4. The first kappa shape index (κ1) is 10.2. The molecule has 0 saturated heterocycles. The number of carbonyl (C=O) groups is 1. The lowest BCUT2D eigenvalue weighted by atomic mass is 10.0. The van der Waals surface area contributed by atoms with Crippen molar-refractivity contribution in [2.24, 2.45) is 11.7 Å². The summed E-state index contributed by atoms with van der Waals surface area (Å²) >= 11 is 0. The van der Waals surface area contributed by atoms with Gasteiger partial charge in [0.05, 0.1) is 5.92 Å². The second kappa shape index (κ2) is 3.08. The normalized spacial score (nSPS) is 17.5. The van der Waals surface area contributed by atoms with E-state index in [9.17, 15) is 18.0 Å². The minimum absolute atomic E-state index is 0.917. The van der Waals surface area contributed by atoms with Gasteiger partial charge in [0.1, 0.15) is 6.04 Å². The molecule has 0 amide bonds. The number of aliphatic carboxylic acids is 1. The van der Waals surface area contributed by atoms with Gasteiger partial charge in [-0.15, -0.1) is 0 Å². The van der Waals surface area contributed by atoms with E-state index >= 15 is 0 Å². The van der Waals surface area contributed by atoms with Gasteiger partial charge in [0.15, 0.2) is 0 Å². The van der Waals surface area contributed by atoms with Crippen molar-refractivity contribution in [3.05, 3.63) is 0 Å². The molecule has 2 atom stereocenters. The van der Waals surface area contributed by atoms with Gasteiger partial charge < -0.3 is 10.8 Å². The molecule has 0 aromatic heterocycles. The van der Waals surface area contributed by atoms with Crippen LogP contribution in [0.3, 0.4) is 0 Å². The molecule has 11 heavy (non-hydrogen) atoms. The first-order valence-corrected chi connectivity index (χ1v) is 2.82. The Morgan fingerprint density at radius 3 is 2.00 bits per heavy atom. The summed E-state index contributed by atoms with van der Waals surface area (Å²) in [6, 6.07) is -2.29. The molecule has 0 bridgehead atoms. The van der Waals surface area contributed by atoms with Crippen molar-refractivity contribution in [2.75, 3.05) is 0 Å². The fraction of sp³-hybridized carbons (Fsp3) is 0.800. The zero-order valence-electron chi connectivity index (χ0n) is 5.72. The molecule has 0 heterocycles. The van der Waals surface area contributed by atoms with Crippen molar-refractivity contribution < 1.29 is 23.1 Å². The molecule has 0 aliphatic heterocycles. The Bertz CT molecular complexity index is 156. The smallest absolute Gasteiger partial charge is 0.404 e. The third kappa shape index (κ3) is 2.75. The van der Waals surface area contributed by atoms with Gasteiger partial charge in [-0.25, -0.2) is 0 Å². The molecule has 0 fully saturated rings. The molecular formula is C5H8F3NO2. The summed E-state index contributed by atoms with van der Waals surface area (Å²) in [4.78, 5) is 10.0. The van der Waals surface area contributed by atoms with Crippen LogP contribution in [0.25, 0.3) is 0 Å². The van der Waals surface area contributed by atoms with Crippen molar-refractivity contribution in [3.63, 3.8) is 0 Å². The van der Waals surface area contributed by atoms with Crippen LogP contribution in [0.1, 0.15) is 6.92 Å². The molecular weight excluding hydrogens is 163 g/mol. The molecule has 0 radical (unpaired) electrons. The quantitative estimate of drug-likeness (QED) is 0.639. The summed E-state index contributed by atoms with van der Waals surface area (Å²) < 4.78 is 35.0. The predicted molar refractivity (Wildman–Crippen MR) is 30.8 cm³/mol. The summed E-state index contributed by atoms with van der Waals surface area (Å²) in [5, 5.41) is 8.14. The van der Waals surface area contributed by atoms with Crippen molar-refractivity contribution in [3.8, 4) is 0 Å². The van der Waals surface area contributed by atoms with Gasteiger partial charge in [-0.2, -0.15) is 13.2 Å². The van der Waals surface area contributed by atoms with Crippen molar-refractivity contribution in [1.82, 2.24) is 0 Å². The SMILES string of the molecule is C[C@@H](C(=O)O)[C@@H](N)C(F)(F)F. The number of halogens is 3. The Balaban J connectivity index is 4.25. The standard InChI is InChI=1S/C5H8F3NO2/c1-2(4(10)11)3(9)5(6,7)8/h2-3H,9H2,1H3,(H,10,11)/t2-,3-/m1/s1. The highest BCUT2D eigenvalue weighted by molar-refractivity contribution is 5.70. The number of carboxylic acid groups (broad SMARTS) is 1. The van der Waals surface area contributed by atoms with E-state index in [1.165, 1.54) is 0 Å². The third-order valence-electron chi connectivity index (χ3n) is 1.31. The van der Waals surface area contributed by atoms with Gasteiger partial charge in [0.2, 0.25) is 0 Å². The predicted octanol–water partition coefficient (Wildman–Crippen LogP) is 0.597. The third-order valence-corrected chi connectivity index (χ3v) is 1.31. The molecule has 6 heteroatoms. The van der Waals surface area contributed by atoms with E-state index in [4.69, 9.17) is 5.11 Å². The number of rotatable bonds is 2. The largest absolute Gasteiger partial charge is 0.481 e. The number of hydrogen-bond acceptors (Lipinski definition) is 2. The lowest BCUT2D eigenvalue weighted by Crippen LogP contribution is -2.45. The fourth-order valence-electron chi connectivity index (χ4n) is 0.437. The highest BCUT2D eigenvalue weighted by Crippen LogP contribution is 2.23.